The first-order valence-electron chi connectivity index (χ1n) is 4.89. The van der Waals surface area contributed by atoms with E-state index in [9.17, 15) is 0 Å². The largest absolute Gasteiger partial charge is 0.381 e. The lowest BCUT2D eigenvalue weighted by molar-refractivity contribution is 0.672. The minimum atomic E-state index is 0.521. The molecule has 1 aromatic rings. The van der Waals surface area contributed by atoms with E-state index in [1.54, 1.807) is 0 Å². The first-order valence-corrected chi connectivity index (χ1v) is 6.34. The smallest absolute Gasteiger partial charge is 0.0648 e. The molecule has 0 aliphatic heterocycles. The number of nitrogens with one attached hydrogen (secondary N) is 1. The average molecular weight is 324 g/mol. The van der Waals surface area contributed by atoms with Gasteiger partial charge in [-0.1, -0.05) is 25.4 Å². The fourth-order valence-electron chi connectivity index (χ4n) is 1.32. The molecule has 1 nitrogen and oxygen atoms in total. The lowest BCUT2D eigenvalue weighted by Crippen LogP contribution is -2.17. The second-order valence-corrected chi connectivity index (χ2v) is 4.93. The van der Waals surface area contributed by atoms with E-state index in [-0.39, 0.29) is 0 Å². The highest BCUT2D eigenvalue weighted by Gasteiger charge is 2.05. The maximum atomic E-state index is 6.12. The maximum absolute atomic E-state index is 6.12. The van der Waals surface area contributed by atoms with E-state index in [4.69, 9.17) is 11.6 Å². The molecule has 0 spiro atoms. The van der Waals surface area contributed by atoms with Crippen molar-refractivity contribution in [1.82, 2.24) is 0 Å². The summed E-state index contributed by atoms with van der Waals surface area (Å²) in [6.45, 7) is 4.36. The summed E-state index contributed by atoms with van der Waals surface area (Å²) < 4.78 is 1.17. The van der Waals surface area contributed by atoms with Crippen LogP contribution in [0.4, 0.5) is 5.69 Å². The highest BCUT2D eigenvalue weighted by atomic mass is 127. The zero-order valence-electron chi connectivity index (χ0n) is 8.48. The number of benzene rings is 1. The molecule has 78 valence electrons. The predicted molar refractivity (Wildman–Crippen MR) is 72.2 cm³/mol. The number of hydrogen-bond acceptors (Lipinski definition) is 1. The molecule has 0 heterocycles. The standard InChI is InChI=1S/C11H15ClIN/c1-3-9(4-2)14-11-6-5-8(13)7-10(11)12/h5-7,9,14H,3-4H2,1-2H3. The third kappa shape index (κ3) is 3.31. The van der Waals surface area contributed by atoms with Gasteiger partial charge in [-0.25, -0.2) is 0 Å². The molecule has 3 heteroatoms. The molecule has 14 heavy (non-hydrogen) atoms. The van der Waals surface area contributed by atoms with Crippen LogP contribution in [0.2, 0.25) is 5.02 Å². The van der Waals surface area contributed by atoms with Crippen LogP contribution in [-0.4, -0.2) is 6.04 Å². The Morgan fingerprint density at radius 3 is 2.50 bits per heavy atom. The summed E-state index contributed by atoms with van der Waals surface area (Å²) in [6, 6.07) is 6.61. The van der Waals surface area contributed by atoms with Crippen molar-refractivity contribution in [2.75, 3.05) is 5.32 Å². The molecular formula is C11H15ClIN. The van der Waals surface area contributed by atoms with Crippen LogP contribution in [0.1, 0.15) is 26.7 Å². The van der Waals surface area contributed by atoms with Crippen molar-refractivity contribution in [2.24, 2.45) is 0 Å². The van der Waals surface area contributed by atoms with Crippen LogP contribution < -0.4 is 5.32 Å². The van der Waals surface area contributed by atoms with Gasteiger partial charge in [0.05, 0.1) is 10.7 Å². The van der Waals surface area contributed by atoms with Gasteiger partial charge in [-0.2, -0.15) is 0 Å². The number of hydrogen-bond donors (Lipinski definition) is 1. The van der Waals surface area contributed by atoms with Crippen molar-refractivity contribution >= 4 is 39.9 Å². The molecule has 1 N–H and O–H groups in total. The Bertz CT molecular complexity index is 297. The van der Waals surface area contributed by atoms with Crippen molar-refractivity contribution in [3.63, 3.8) is 0 Å². The first kappa shape index (κ1) is 12.1. The Kier molecular flexibility index (Phi) is 5.02. The van der Waals surface area contributed by atoms with Gasteiger partial charge in [-0.05, 0) is 53.6 Å². The molecule has 0 saturated heterocycles. The van der Waals surface area contributed by atoms with Crippen LogP contribution in [-0.2, 0) is 0 Å². The van der Waals surface area contributed by atoms with Crippen LogP contribution in [0.25, 0.3) is 0 Å². The van der Waals surface area contributed by atoms with Gasteiger partial charge < -0.3 is 5.32 Å². The Morgan fingerprint density at radius 2 is 2.00 bits per heavy atom. The number of anilines is 1. The Hall–Kier alpha value is 0.0400. The Labute approximate surface area is 104 Å². The molecule has 0 bridgehead atoms. The van der Waals surface area contributed by atoms with Crippen molar-refractivity contribution in [3.8, 4) is 0 Å². The number of rotatable bonds is 4. The lowest BCUT2D eigenvalue weighted by atomic mass is 10.1. The molecular weight excluding hydrogens is 308 g/mol. The second kappa shape index (κ2) is 5.81. The quantitative estimate of drug-likeness (QED) is 0.802. The normalized spacial score (nSPS) is 10.6. The molecule has 0 aliphatic carbocycles. The lowest BCUT2D eigenvalue weighted by Gasteiger charge is -2.17. The fraction of sp³-hybridized carbons (Fsp3) is 0.455. The van der Waals surface area contributed by atoms with Crippen molar-refractivity contribution in [2.45, 2.75) is 32.7 Å². The summed E-state index contributed by atoms with van der Waals surface area (Å²) >= 11 is 8.38. The van der Waals surface area contributed by atoms with Crippen LogP contribution in [0.3, 0.4) is 0 Å². The SMILES string of the molecule is CCC(CC)Nc1ccc(I)cc1Cl. The zero-order valence-corrected chi connectivity index (χ0v) is 11.4. The summed E-state index contributed by atoms with van der Waals surface area (Å²) in [4.78, 5) is 0. The third-order valence-corrected chi connectivity index (χ3v) is 3.26. The van der Waals surface area contributed by atoms with E-state index < -0.39 is 0 Å². The summed E-state index contributed by atoms with van der Waals surface area (Å²) in [5, 5.41) is 4.25. The summed E-state index contributed by atoms with van der Waals surface area (Å²) in [5.41, 5.74) is 1.04. The fourth-order valence-corrected chi connectivity index (χ4v) is 2.23. The van der Waals surface area contributed by atoms with Crippen molar-refractivity contribution in [1.29, 1.82) is 0 Å². The van der Waals surface area contributed by atoms with Gasteiger partial charge in [-0.15, -0.1) is 0 Å². The number of halogens is 2. The van der Waals surface area contributed by atoms with Gasteiger partial charge in [0.15, 0.2) is 0 Å². The zero-order chi connectivity index (χ0) is 10.6. The molecule has 0 saturated carbocycles. The molecule has 1 aromatic carbocycles. The first-order chi connectivity index (χ1) is 6.67. The third-order valence-electron chi connectivity index (χ3n) is 2.28. The molecule has 1 rings (SSSR count). The highest BCUT2D eigenvalue weighted by molar-refractivity contribution is 14.1. The van der Waals surface area contributed by atoms with Gasteiger partial charge in [0.1, 0.15) is 0 Å². The van der Waals surface area contributed by atoms with E-state index in [0.29, 0.717) is 6.04 Å². The van der Waals surface area contributed by atoms with Gasteiger partial charge in [0.2, 0.25) is 0 Å². The van der Waals surface area contributed by atoms with Crippen LogP contribution in [0.5, 0.6) is 0 Å². The molecule has 0 unspecified atom stereocenters. The molecule has 0 radical (unpaired) electrons. The van der Waals surface area contributed by atoms with Gasteiger partial charge in [-0.3, -0.25) is 0 Å². The van der Waals surface area contributed by atoms with Crippen molar-refractivity contribution in [3.05, 3.63) is 26.8 Å². The minimum absolute atomic E-state index is 0.521. The molecule has 0 fully saturated rings. The van der Waals surface area contributed by atoms with Crippen LogP contribution in [0.15, 0.2) is 18.2 Å². The van der Waals surface area contributed by atoms with E-state index in [1.807, 2.05) is 12.1 Å². The topological polar surface area (TPSA) is 12.0 Å². The van der Waals surface area contributed by atoms with Crippen molar-refractivity contribution < 1.29 is 0 Å². The van der Waals surface area contributed by atoms with Gasteiger partial charge >= 0.3 is 0 Å². The predicted octanol–water partition coefficient (Wildman–Crippen LogP) is 4.55. The minimum Gasteiger partial charge on any atom is -0.381 e. The monoisotopic (exact) mass is 323 g/mol. The van der Waals surface area contributed by atoms with Crippen LogP contribution in [0, 0.1) is 3.57 Å². The molecule has 0 amide bonds. The summed E-state index contributed by atoms with van der Waals surface area (Å²) in [7, 11) is 0. The molecule has 0 aromatic heterocycles. The maximum Gasteiger partial charge on any atom is 0.0648 e. The average Bonchev–Trinajstić information content (AvgIpc) is 2.17. The van der Waals surface area contributed by atoms with E-state index in [0.717, 1.165) is 23.6 Å². The van der Waals surface area contributed by atoms with Gasteiger partial charge in [0.25, 0.3) is 0 Å². The Morgan fingerprint density at radius 1 is 1.36 bits per heavy atom. The summed E-state index contributed by atoms with van der Waals surface area (Å²) in [5.74, 6) is 0. The van der Waals surface area contributed by atoms with E-state index >= 15 is 0 Å². The van der Waals surface area contributed by atoms with Crippen LogP contribution >= 0.6 is 34.2 Å². The molecule has 0 atom stereocenters. The van der Waals surface area contributed by atoms with E-state index in [2.05, 4.69) is 47.8 Å². The second-order valence-electron chi connectivity index (χ2n) is 3.28. The highest BCUT2D eigenvalue weighted by Crippen LogP contribution is 2.25. The van der Waals surface area contributed by atoms with E-state index in [1.165, 1.54) is 3.57 Å². The Balaban J connectivity index is 2.76. The summed E-state index contributed by atoms with van der Waals surface area (Å²) in [6.07, 6.45) is 2.25. The molecule has 0 aliphatic rings. The van der Waals surface area contributed by atoms with Gasteiger partial charge in [0, 0.05) is 9.61 Å².